The number of methoxy groups -OCH3 is 1. The molecule has 1 aliphatic rings. The summed E-state index contributed by atoms with van der Waals surface area (Å²) >= 11 is 0. The second-order valence-corrected chi connectivity index (χ2v) is 4.87. The van der Waals surface area contributed by atoms with Gasteiger partial charge in [-0.2, -0.15) is 0 Å². The van der Waals surface area contributed by atoms with Crippen LogP contribution in [0.15, 0.2) is 0 Å². The van der Waals surface area contributed by atoms with E-state index in [9.17, 15) is 5.11 Å². The highest BCUT2D eigenvalue weighted by Gasteiger charge is 2.28. The lowest BCUT2D eigenvalue weighted by Crippen LogP contribution is -2.44. The fraction of sp³-hybridized carbons (Fsp3) is 1.00. The van der Waals surface area contributed by atoms with E-state index in [1.54, 1.807) is 7.11 Å². The van der Waals surface area contributed by atoms with Gasteiger partial charge in [-0.15, -0.1) is 0 Å². The van der Waals surface area contributed by atoms with Crippen LogP contribution in [0.2, 0.25) is 0 Å². The summed E-state index contributed by atoms with van der Waals surface area (Å²) < 4.78 is 10.1. The quantitative estimate of drug-likeness (QED) is 0.610. The minimum Gasteiger partial charge on any atom is -0.389 e. The number of β-amino-alcohol motifs (C(OH)–C–C–N with tert-alkyl or cyclic N) is 1. The molecule has 1 fully saturated rings. The topological polar surface area (TPSA) is 50.7 Å². The van der Waals surface area contributed by atoms with Crippen molar-refractivity contribution in [1.29, 1.82) is 0 Å². The van der Waals surface area contributed by atoms with Crippen molar-refractivity contribution in [1.82, 2.24) is 5.32 Å². The molecule has 1 unspecified atom stereocenters. The zero-order chi connectivity index (χ0) is 11.9. The molecule has 4 nitrogen and oxygen atoms in total. The van der Waals surface area contributed by atoms with Crippen LogP contribution in [0.4, 0.5) is 0 Å². The molecule has 0 radical (unpaired) electrons. The maximum absolute atomic E-state index is 9.69. The Labute approximate surface area is 98.3 Å². The predicted octanol–water partition coefficient (Wildman–Crippen LogP) is 0.933. The Kier molecular flexibility index (Phi) is 6.28. The molecule has 0 aromatic heterocycles. The second kappa shape index (κ2) is 7.22. The molecule has 16 heavy (non-hydrogen) atoms. The van der Waals surface area contributed by atoms with Crippen LogP contribution in [0.3, 0.4) is 0 Å². The largest absolute Gasteiger partial charge is 0.389 e. The van der Waals surface area contributed by atoms with Crippen molar-refractivity contribution in [3.8, 4) is 0 Å². The molecule has 0 bridgehead atoms. The first-order valence-electron chi connectivity index (χ1n) is 6.16. The average molecular weight is 231 g/mol. The van der Waals surface area contributed by atoms with E-state index in [1.165, 1.54) is 25.7 Å². The van der Waals surface area contributed by atoms with E-state index in [2.05, 4.69) is 12.2 Å². The van der Waals surface area contributed by atoms with Crippen molar-refractivity contribution >= 4 is 0 Å². The number of aliphatic hydroxyl groups excluding tert-OH is 1. The van der Waals surface area contributed by atoms with Crippen LogP contribution in [-0.2, 0) is 9.47 Å². The first-order valence-corrected chi connectivity index (χ1v) is 6.16. The van der Waals surface area contributed by atoms with Gasteiger partial charge in [-0.05, 0) is 19.8 Å². The van der Waals surface area contributed by atoms with E-state index < -0.39 is 6.10 Å². The first kappa shape index (κ1) is 13.9. The Bertz CT molecular complexity index is 181. The van der Waals surface area contributed by atoms with Crippen LogP contribution in [0.5, 0.6) is 0 Å². The van der Waals surface area contributed by atoms with Gasteiger partial charge in [-0.3, -0.25) is 0 Å². The Balaban J connectivity index is 2.03. The summed E-state index contributed by atoms with van der Waals surface area (Å²) in [5, 5.41) is 13.1. The molecule has 1 aliphatic carbocycles. The second-order valence-electron chi connectivity index (χ2n) is 4.87. The lowest BCUT2D eigenvalue weighted by atomic mass is 10.0. The summed E-state index contributed by atoms with van der Waals surface area (Å²) in [6.07, 6.45) is 4.59. The summed E-state index contributed by atoms with van der Waals surface area (Å²) in [5.74, 6) is 0. The molecule has 0 amide bonds. The number of aliphatic hydroxyl groups is 1. The third-order valence-electron chi connectivity index (χ3n) is 3.21. The average Bonchev–Trinajstić information content (AvgIpc) is 2.70. The molecule has 0 saturated heterocycles. The minimum absolute atomic E-state index is 0.230. The zero-order valence-corrected chi connectivity index (χ0v) is 10.5. The van der Waals surface area contributed by atoms with Crippen LogP contribution in [0.1, 0.15) is 32.6 Å². The van der Waals surface area contributed by atoms with Crippen LogP contribution in [0, 0.1) is 0 Å². The summed E-state index contributed by atoms with van der Waals surface area (Å²) in [5.41, 5.74) is 0.230. The molecular formula is C12H25NO3. The van der Waals surface area contributed by atoms with Gasteiger partial charge in [0.15, 0.2) is 0 Å². The lowest BCUT2D eigenvalue weighted by Gasteiger charge is -2.26. The molecule has 1 saturated carbocycles. The maximum atomic E-state index is 9.69. The van der Waals surface area contributed by atoms with Crippen LogP contribution in [-0.4, -0.2) is 50.2 Å². The van der Waals surface area contributed by atoms with Gasteiger partial charge >= 0.3 is 0 Å². The molecule has 0 aromatic carbocycles. The lowest BCUT2D eigenvalue weighted by molar-refractivity contribution is 0.0113. The molecule has 0 spiro atoms. The third-order valence-corrected chi connectivity index (χ3v) is 3.21. The van der Waals surface area contributed by atoms with Gasteiger partial charge in [0, 0.05) is 19.2 Å². The van der Waals surface area contributed by atoms with Gasteiger partial charge in [0.25, 0.3) is 0 Å². The Morgan fingerprint density at radius 2 is 2.00 bits per heavy atom. The van der Waals surface area contributed by atoms with Crippen molar-refractivity contribution in [3.63, 3.8) is 0 Å². The number of nitrogens with one attached hydrogen (secondary N) is 1. The van der Waals surface area contributed by atoms with Crippen molar-refractivity contribution in [2.75, 3.05) is 33.5 Å². The van der Waals surface area contributed by atoms with Crippen molar-refractivity contribution in [2.45, 2.75) is 44.2 Å². The molecule has 1 rings (SSSR count). The van der Waals surface area contributed by atoms with Gasteiger partial charge in [0.2, 0.25) is 0 Å². The molecule has 2 N–H and O–H groups in total. The van der Waals surface area contributed by atoms with Gasteiger partial charge < -0.3 is 19.9 Å². The summed E-state index contributed by atoms with van der Waals surface area (Å²) in [4.78, 5) is 0. The Morgan fingerprint density at radius 3 is 2.62 bits per heavy atom. The molecule has 1 atom stereocenters. The van der Waals surface area contributed by atoms with Crippen LogP contribution >= 0.6 is 0 Å². The zero-order valence-electron chi connectivity index (χ0n) is 10.5. The Morgan fingerprint density at radius 1 is 1.31 bits per heavy atom. The van der Waals surface area contributed by atoms with Gasteiger partial charge in [0.1, 0.15) is 0 Å². The van der Waals surface area contributed by atoms with Crippen molar-refractivity contribution in [2.24, 2.45) is 0 Å². The van der Waals surface area contributed by atoms with E-state index in [-0.39, 0.29) is 5.54 Å². The van der Waals surface area contributed by atoms with Crippen molar-refractivity contribution < 1.29 is 14.6 Å². The molecular weight excluding hydrogens is 206 g/mol. The summed E-state index contributed by atoms with van der Waals surface area (Å²) in [6.45, 7) is 4.36. The first-order chi connectivity index (χ1) is 7.66. The fourth-order valence-electron chi connectivity index (χ4n) is 2.12. The highest BCUT2D eigenvalue weighted by molar-refractivity contribution is 4.88. The summed E-state index contributed by atoms with van der Waals surface area (Å²) in [6, 6.07) is 0. The minimum atomic E-state index is -0.422. The Hall–Kier alpha value is -0.160. The molecule has 4 heteroatoms. The normalized spacial score (nSPS) is 21.2. The van der Waals surface area contributed by atoms with E-state index in [4.69, 9.17) is 9.47 Å². The van der Waals surface area contributed by atoms with Gasteiger partial charge in [-0.1, -0.05) is 12.8 Å². The predicted molar refractivity (Wildman–Crippen MR) is 63.6 cm³/mol. The molecule has 0 aromatic rings. The van der Waals surface area contributed by atoms with Crippen LogP contribution < -0.4 is 5.32 Å². The fourth-order valence-corrected chi connectivity index (χ4v) is 2.12. The molecule has 96 valence electrons. The molecule has 0 heterocycles. The molecule has 0 aliphatic heterocycles. The van der Waals surface area contributed by atoms with Crippen molar-refractivity contribution in [3.05, 3.63) is 0 Å². The number of hydrogen-bond acceptors (Lipinski definition) is 4. The highest BCUT2D eigenvalue weighted by atomic mass is 16.5. The van der Waals surface area contributed by atoms with E-state index in [1.807, 2.05) is 0 Å². The smallest absolute Gasteiger partial charge is 0.0897 e. The number of hydrogen-bond donors (Lipinski definition) is 2. The van der Waals surface area contributed by atoms with Gasteiger partial charge in [0.05, 0.1) is 25.9 Å². The SMILES string of the molecule is COCCOCC(O)CNC1(C)CCCC1. The summed E-state index contributed by atoms with van der Waals surface area (Å²) in [7, 11) is 1.64. The van der Waals surface area contributed by atoms with E-state index in [0.29, 0.717) is 26.4 Å². The van der Waals surface area contributed by atoms with E-state index in [0.717, 1.165) is 0 Å². The maximum Gasteiger partial charge on any atom is 0.0897 e. The standard InChI is InChI=1S/C12H25NO3/c1-12(5-3-4-6-12)13-9-11(14)10-16-8-7-15-2/h11,13-14H,3-10H2,1-2H3. The van der Waals surface area contributed by atoms with Crippen LogP contribution in [0.25, 0.3) is 0 Å². The highest BCUT2D eigenvalue weighted by Crippen LogP contribution is 2.28. The monoisotopic (exact) mass is 231 g/mol. The number of rotatable bonds is 8. The van der Waals surface area contributed by atoms with Gasteiger partial charge in [-0.25, -0.2) is 0 Å². The third kappa shape index (κ3) is 5.25. The number of ether oxygens (including phenoxy) is 2. The van der Waals surface area contributed by atoms with E-state index >= 15 is 0 Å².